The second kappa shape index (κ2) is 5.71. The summed E-state index contributed by atoms with van der Waals surface area (Å²) in [5, 5.41) is 3.21. The molecule has 0 aliphatic rings. The van der Waals surface area contributed by atoms with Gasteiger partial charge in [-0.1, -0.05) is 23.5 Å². The summed E-state index contributed by atoms with van der Waals surface area (Å²) in [7, 11) is 0. The number of hydrogen-bond acceptors (Lipinski definition) is 5. The van der Waals surface area contributed by atoms with Crippen molar-refractivity contribution in [3.8, 4) is 5.75 Å². The van der Waals surface area contributed by atoms with Crippen LogP contribution in [0.2, 0.25) is 0 Å². The Bertz CT molecular complexity index is 595. The summed E-state index contributed by atoms with van der Waals surface area (Å²) in [6.45, 7) is 4.20. The van der Waals surface area contributed by atoms with Crippen LogP contribution in [0.15, 0.2) is 24.3 Å². The maximum absolute atomic E-state index is 12.2. The Hall–Kier alpha value is -2.08. The monoisotopic (exact) mass is 277 g/mol. The molecule has 2 aromatic rings. The molecule has 1 aromatic heterocycles. The van der Waals surface area contributed by atoms with Gasteiger partial charge in [0.05, 0.1) is 18.0 Å². The van der Waals surface area contributed by atoms with Crippen LogP contribution < -0.4 is 15.8 Å². The highest BCUT2D eigenvalue weighted by atomic mass is 32.1. The zero-order chi connectivity index (χ0) is 13.8. The van der Waals surface area contributed by atoms with Crippen LogP contribution in [0.5, 0.6) is 5.75 Å². The Kier molecular flexibility index (Phi) is 4.01. The quantitative estimate of drug-likeness (QED) is 0.900. The van der Waals surface area contributed by atoms with E-state index < -0.39 is 0 Å². The van der Waals surface area contributed by atoms with Crippen LogP contribution in [-0.2, 0) is 0 Å². The second-order valence-corrected chi connectivity index (χ2v) is 4.88. The van der Waals surface area contributed by atoms with Gasteiger partial charge < -0.3 is 15.8 Å². The average molecular weight is 277 g/mol. The molecule has 1 amide bonds. The Morgan fingerprint density at radius 3 is 2.84 bits per heavy atom. The Morgan fingerprint density at radius 1 is 1.47 bits per heavy atom. The molecule has 0 aliphatic heterocycles. The normalized spacial score (nSPS) is 10.2. The third kappa shape index (κ3) is 3.03. The van der Waals surface area contributed by atoms with E-state index in [0.29, 0.717) is 33.7 Å². The molecule has 1 aromatic carbocycles. The van der Waals surface area contributed by atoms with Crippen LogP contribution in [-0.4, -0.2) is 17.5 Å². The highest BCUT2D eigenvalue weighted by molar-refractivity contribution is 7.17. The van der Waals surface area contributed by atoms with Crippen LogP contribution in [0, 0.1) is 6.92 Å². The number of benzene rings is 1. The van der Waals surface area contributed by atoms with Gasteiger partial charge in [-0.15, -0.1) is 0 Å². The molecule has 5 nitrogen and oxygen atoms in total. The second-order valence-electron chi connectivity index (χ2n) is 3.85. The highest BCUT2D eigenvalue weighted by Gasteiger charge is 2.15. The molecule has 6 heteroatoms. The van der Waals surface area contributed by atoms with E-state index in [0.717, 1.165) is 0 Å². The van der Waals surface area contributed by atoms with Crippen molar-refractivity contribution in [3.05, 3.63) is 34.8 Å². The van der Waals surface area contributed by atoms with Gasteiger partial charge in [-0.05, 0) is 26.0 Å². The van der Waals surface area contributed by atoms with Gasteiger partial charge in [0, 0.05) is 0 Å². The summed E-state index contributed by atoms with van der Waals surface area (Å²) in [4.78, 5) is 16.7. The molecule has 0 saturated carbocycles. The lowest BCUT2D eigenvalue weighted by Crippen LogP contribution is -2.12. The summed E-state index contributed by atoms with van der Waals surface area (Å²) < 4.78 is 5.46. The number of nitrogens with zero attached hydrogens (tertiary/aromatic N) is 1. The largest absolute Gasteiger partial charge is 0.492 e. The number of aromatic nitrogens is 1. The molecular formula is C13H15N3O2S. The zero-order valence-corrected chi connectivity index (χ0v) is 11.6. The fourth-order valence-electron chi connectivity index (χ4n) is 1.66. The minimum atomic E-state index is -0.223. The van der Waals surface area contributed by atoms with E-state index in [4.69, 9.17) is 10.5 Å². The topological polar surface area (TPSA) is 77.2 Å². The molecule has 0 radical (unpaired) electrons. The number of aryl methyl sites for hydroxylation is 1. The van der Waals surface area contributed by atoms with Crippen LogP contribution in [0.1, 0.15) is 22.3 Å². The first-order valence-electron chi connectivity index (χ1n) is 5.88. The lowest BCUT2D eigenvalue weighted by atomic mass is 10.2. The third-order valence-electron chi connectivity index (χ3n) is 2.45. The number of nitrogen functional groups attached to an aromatic ring is 1. The fourth-order valence-corrected chi connectivity index (χ4v) is 2.39. The molecule has 2 rings (SSSR count). The van der Waals surface area contributed by atoms with Gasteiger partial charge in [0.1, 0.15) is 10.6 Å². The van der Waals surface area contributed by atoms with Crippen LogP contribution in [0.3, 0.4) is 0 Å². The van der Waals surface area contributed by atoms with Gasteiger partial charge in [0.2, 0.25) is 0 Å². The first kappa shape index (κ1) is 13.4. The molecule has 19 heavy (non-hydrogen) atoms. The number of ether oxygens (including phenoxy) is 1. The molecular weight excluding hydrogens is 262 g/mol. The summed E-state index contributed by atoms with van der Waals surface area (Å²) >= 11 is 1.17. The van der Waals surface area contributed by atoms with Crippen molar-refractivity contribution in [2.24, 2.45) is 0 Å². The number of nitrogens with one attached hydrogen (secondary N) is 1. The number of para-hydroxylation sites is 2. The van der Waals surface area contributed by atoms with Gasteiger partial charge >= 0.3 is 0 Å². The van der Waals surface area contributed by atoms with E-state index in [1.165, 1.54) is 11.3 Å². The summed E-state index contributed by atoms with van der Waals surface area (Å²) in [5.74, 6) is 0.423. The molecule has 0 saturated heterocycles. The first-order valence-corrected chi connectivity index (χ1v) is 6.69. The van der Waals surface area contributed by atoms with Gasteiger partial charge in [0.25, 0.3) is 5.91 Å². The minimum Gasteiger partial charge on any atom is -0.492 e. The molecule has 1 heterocycles. The molecule has 0 spiro atoms. The smallest absolute Gasteiger partial charge is 0.267 e. The van der Waals surface area contributed by atoms with Crippen molar-refractivity contribution < 1.29 is 9.53 Å². The van der Waals surface area contributed by atoms with Crippen molar-refractivity contribution in [2.45, 2.75) is 13.8 Å². The molecule has 0 unspecified atom stereocenters. The zero-order valence-electron chi connectivity index (χ0n) is 10.8. The number of nitrogens with two attached hydrogens (primary N) is 1. The number of hydrogen-bond donors (Lipinski definition) is 2. The fraction of sp³-hybridized carbons (Fsp3) is 0.231. The number of rotatable bonds is 4. The van der Waals surface area contributed by atoms with E-state index in [9.17, 15) is 4.79 Å². The lowest BCUT2D eigenvalue weighted by Gasteiger charge is -2.10. The van der Waals surface area contributed by atoms with E-state index in [2.05, 4.69) is 10.3 Å². The number of carbonyl (C=O) groups excluding carboxylic acids is 1. The van der Waals surface area contributed by atoms with Crippen LogP contribution in [0.4, 0.5) is 10.8 Å². The summed E-state index contributed by atoms with van der Waals surface area (Å²) in [5.41, 5.74) is 6.86. The summed E-state index contributed by atoms with van der Waals surface area (Å²) in [6.07, 6.45) is 0. The van der Waals surface area contributed by atoms with Gasteiger partial charge in [-0.25, -0.2) is 4.98 Å². The van der Waals surface area contributed by atoms with E-state index in [1.807, 2.05) is 25.1 Å². The molecule has 3 N–H and O–H groups in total. The van der Waals surface area contributed by atoms with E-state index in [-0.39, 0.29) is 5.91 Å². The number of carbonyl (C=O) groups is 1. The van der Waals surface area contributed by atoms with Crippen molar-refractivity contribution >= 4 is 28.1 Å². The lowest BCUT2D eigenvalue weighted by molar-refractivity contribution is 0.102. The number of amides is 1. The van der Waals surface area contributed by atoms with Gasteiger partial charge in [-0.3, -0.25) is 4.79 Å². The molecule has 0 fully saturated rings. The Balaban J connectivity index is 2.21. The highest BCUT2D eigenvalue weighted by Crippen LogP contribution is 2.26. The molecule has 0 bridgehead atoms. The van der Waals surface area contributed by atoms with Crippen LogP contribution >= 0.6 is 11.3 Å². The predicted octanol–water partition coefficient (Wildman–Crippen LogP) is 2.68. The van der Waals surface area contributed by atoms with Crippen molar-refractivity contribution in [2.75, 3.05) is 17.7 Å². The third-order valence-corrected chi connectivity index (χ3v) is 3.44. The Labute approximate surface area is 115 Å². The molecule has 100 valence electrons. The standard InChI is InChI=1S/C13H15N3O2S/c1-3-18-10-7-5-4-6-9(10)16-12(17)11-8(2)15-13(14)19-11/h4-7H,3H2,1-2H3,(H2,14,15)(H,16,17). The SMILES string of the molecule is CCOc1ccccc1NC(=O)c1sc(N)nc1C. The van der Waals surface area contributed by atoms with Gasteiger partial charge in [-0.2, -0.15) is 0 Å². The van der Waals surface area contributed by atoms with Crippen molar-refractivity contribution in [1.29, 1.82) is 0 Å². The molecule has 0 aliphatic carbocycles. The number of thiazole rings is 1. The number of anilines is 2. The first-order chi connectivity index (χ1) is 9.11. The van der Waals surface area contributed by atoms with Crippen LogP contribution in [0.25, 0.3) is 0 Å². The maximum atomic E-state index is 12.2. The Morgan fingerprint density at radius 2 is 2.21 bits per heavy atom. The minimum absolute atomic E-state index is 0.223. The van der Waals surface area contributed by atoms with E-state index >= 15 is 0 Å². The van der Waals surface area contributed by atoms with Crippen molar-refractivity contribution in [1.82, 2.24) is 4.98 Å². The van der Waals surface area contributed by atoms with Crippen molar-refractivity contribution in [3.63, 3.8) is 0 Å². The summed E-state index contributed by atoms with van der Waals surface area (Å²) in [6, 6.07) is 7.30. The van der Waals surface area contributed by atoms with Gasteiger partial charge in [0.15, 0.2) is 5.13 Å². The van der Waals surface area contributed by atoms with E-state index in [1.54, 1.807) is 13.0 Å². The predicted molar refractivity (Wildman–Crippen MR) is 76.8 cm³/mol. The average Bonchev–Trinajstić information content (AvgIpc) is 2.71. The maximum Gasteiger partial charge on any atom is 0.267 e. The molecule has 0 atom stereocenters.